The summed E-state index contributed by atoms with van der Waals surface area (Å²) >= 11 is 1.33. The van der Waals surface area contributed by atoms with Crippen LogP contribution in [-0.4, -0.2) is 46.0 Å². The fraction of sp³-hybridized carbons (Fsp3) is 0.480. The summed E-state index contributed by atoms with van der Waals surface area (Å²) in [6.07, 6.45) is 0.970. The third kappa shape index (κ3) is 7.64. The number of nitrogens with one attached hydrogen (secondary N) is 3. The Morgan fingerprint density at radius 1 is 1.14 bits per heavy atom. The van der Waals surface area contributed by atoms with Crippen LogP contribution in [0.4, 0.5) is 8.78 Å². The summed E-state index contributed by atoms with van der Waals surface area (Å²) in [6, 6.07) is 7.72. The first-order chi connectivity index (χ1) is 17.0. The molecule has 0 bridgehead atoms. The van der Waals surface area contributed by atoms with E-state index in [1.807, 2.05) is 0 Å². The lowest BCUT2D eigenvalue weighted by Gasteiger charge is -2.32. The van der Waals surface area contributed by atoms with E-state index in [1.165, 1.54) is 25.2 Å². The summed E-state index contributed by atoms with van der Waals surface area (Å²) in [7, 11) is 0. The average Bonchev–Trinajstić information content (AvgIpc) is 3.35. The van der Waals surface area contributed by atoms with Gasteiger partial charge in [-0.3, -0.25) is 19.2 Å². The van der Waals surface area contributed by atoms with E-state index in [4.69, 9.17) is 0 Å². The molecule has 0 radical (unpaired) electrons. The molecule has 1 aromatic carbocycles. The highest BCUT2D eigenvalue weighted by Crippen LogP contribution is 2.36. The van der Waals surface area contributed by atoms with Crippen LogP contribution in [0.5, 0.6) is 0 Å². The number of thiazole rings is 1. The number of nitrogens with zero attached hydrogens (tertiary/aromatic N) is 1. The minimum absolute atomic E-state index is 0.0327. The van der Waals surface area contributed by atoms with Crippen molar-refractivity contribution in [3.63, 3.8) is 0 Å². The molecule has 1 aliphatic rings. The Hall–Kier alpha value is -3.21. The molecule has 1 heterocycles. The van der Waals surface area contributed by atoms with Gasteiger partial charge in [0.15, 0.2) is 0 Å². The van der Waals surface area contributed by atoms with E-state index in [0.29, 0.717) is 5.01 Å². The van der Waals surface area contributed by atoms with Gasteiger partial charge in [-0.2, -0.15) is 0 Å². The molecule has 3 N–H and O–H groups in total. The number of amides is 3. The molecule has 3 amide bonds. The number of ketones is 1. The van der Waals surface area contributed by atoms with E-state index < -0.39 is 46.9 Å². The minimum Gasteiger partial charge on any atom is -0.343 e. The third-order valence-electron chi connectivity index (χ3n) is 6.10. The molecule has 194 valence electrons. The van der Waals surface area contributed by atoms with Crippen molar-refractivity contribution in [2.45, 2.75) is 70.0 Å². The minimum atomic E-state index is -2.77. The van der Waals surface area contributed by atoms with Gasteiger partial charge < -0.3 is 16.0 Å². The highest BCUT2D eigenvalue weighted by atomic mass is 32.1. The quantitative estimate of drug-likeness (QED) is 0.417. The van der Waals surface area contributed by atoms with E-state index in [2.05, 4.69) is 20.9 Å². The number of carbonyl (C=O) groups excluding carboxylic acids is 4. The number of rotatable bonds is 10. The molecule has 3 rings (SSSR count). The van der Waals surface area contributed by atoms with Gasteiger partial charge in [0.2, 0.25) is 23.5 Å². The maximum Gasteiger partial charge on any atom is 0.289 e. The molecule has 0 aliphatic heterocycles. The summed E-state index contributed by atoms with van der Waals surface area (Å²) in [4.78, 5) is 55.4. The van der Waals surface area contributed by atoms with Crippen molar-refractivity contribution < 1.29 is 28.0 Å². The van der Waals surface area contributed by atoms with Crippen LogP contribution >= 0.6 is 11.3 Å². The summed E-state index contributed by atoms with van der Waals surface area (Å²) in [6.45, 7) is 3.00. The van der Waals surface area contributed by atoms with Crippen molar-refractivity contribution in [1.82, 2.24) is 20.9 Å². The zero-order valence-electron chi connectivity index (χ0n) is 20.2. The fourth-order valence-electron chi connectivity index (χ4n) is 3.91. The van der Waals surface area contributed by atoms with Crippen LogP contribution in [0.2, 0.25) is 0 Å². The van der Waals surface area contributed by atoms with Crippen molar-refractivity contribution in [2.24, 2.45) is 5.92 Å². The molecule has 36 heavy (non-hydrogen) atoms. The van der Waals surface area contributed by atoms with E-state index in [0.717, 1.165) is 5.56 Å². The smallest absolute Gasteiger partial charge is 0.289 e. The van der Waals surface area contributed by atoms with Gasteiger partial charge in [0.1, 0.15) is 16.6 Å². The monoisotopic (exact) mass is 520 g/mol. The van der Waals surface area contributed by atoms with Crippen molar-refractivity contribution in [1.29, 1.82) is 0 Å². The Kier molecular flexibility index (Phi) is 8.89. The lowest BCUT2D eigenvalue weighted by atomic mass is 9.85. The molecule has 1 atom stereocenters. The summed E-state index contributed by atoms with van der Waals surface area (Å²) in [5.74, 6) is -6.24. The van der Waals surface area contributed by atoms with Crippen LogP contribution < -0.4 is 16.0 Å². The first kappa shape index (κ1) is 27.4. The van der Waals surface area contributed by atoms with Gasteiger partial charge in [-0.05, 0) is 32.3 Å². The molecule has 2 aromatic rings. The van der Waals surface area contributed by atoms with Crippen LogP contribution in [0.15, 0.2) is 41.9 Å². The number of benzene rings is 1. The van der Waals surface area contributed by atoms with Crippen LogP contribution in [-0.2, 0) is 32.1 Å². The van der Waals surface area contributed by atoms with Crippen LogP contribution in [0.1, 0.15) is 50.1 Å². The predicted octanol–water partition coefficient (Wildman–Crippen LogP) is 2.78. The maximum atomic E-state index is 13.4. The van der Waals surface area contributed by atoms with E-state index >= 15 is 0 Å². The van der Waals surface area contributed by atoms with Gasteiger partial charge in [0, 0.05) is 36.8 Å². The summed E-state index contributed by atoms with van der Waals surface area (Å²) < 4.78 is 26.9. The highest BCUT2D eigenvalue weighted by molar-refractivity contribution is 7.09. The fourth-order valence-corrected chi connectivity index (χ4v) is 4.46. The highest BCUT2D eigenvalue weighted by Gasteiger charge is 2.40. The summed E-state index contributed by atoms with van der Waals surface area (Å²) in [5.41, 5.74) is -0.710. The Bertz CT molecular complexity index is 1070. The lowest BCUT2D eigenvalue weighted by molar-refractivity contribution is -0.141. The molecule has 11 heteroatoms. The van der Waals surface area contributed by atoms with Crippen molar-refractivity contribution in [3.05, 3.63) is 52.5 Å². The zero-order valence-corrected chi connectivity index (χ0v) is 21.0. The van der Waals surface area contributed by atoms with E-state index in [-0.39, 0.29) is 38.6 Å². The molecule has 1 saturated carbocycles. The number of aromatic nitrogens is 1. The number of Topliss-reactive ketones (excluding diaryl/α,β-unsaturated/α-hetero) is 1. The predicted molar refractivity (Wildman–Crippen MR) is 130 cm³/mol. The Labute approximate surface area is 212 Å². The SMILES string of the molecule is CC(C)(NC(=O)C1CCC(F)(F)CC1)C(=O)N[C@H](Cc1ccccc1)C(=O)C(=O)NCc1nccs1. The lowest BCUT2D eigenvalue weighted by Crippen LogP contribution is -2.60. The van der Waals surface area contributed by atoms with Crippen LogP contribution in [0.3, 0.4) is 0 Å². The first-order valence-electron chi connectivity index (χ1n) is 11.7. The van der Waals surface area contributed by atoms with Gasteiger partial charge in [-0.1, -0.05) is 30.3 Å². The maximum absolute atomic E-state index is 13.4. The van der Waals surface area contributed by atoms with Gasteiger partial charge in [0.25, 0.3) is 5.91 Å². The average molecular weight is 521 g/mol. The van der Waals surface area contributed by atoms with Gasteiger partial charge >= 0.3 is 0 Å². The molecule has 0 saturated heterocycles. The molecule has 1 fully saturated rings. The second-order valence-electron chi connectivity index (χ2n) is 9.43. The second kappa shape index (κ2) is 11.7. The van der Waals surface area contributed by atoms with E-state index in [1.54, 1.807) is 41.9 Å². The molecule has 1 aromatic heterocycles. The molecule has 1 aliphatic carbocycles. The molecular formula is C25H30F2N4O4S. The van der Waals surface area contributed by atoms with Crippen molar-refractivity contribution in [3.8, 4) is 0 Å². The topological polar surface area (TPSA) is 117 Å². The third-order valence-corrected chi connectivity index (χ3v) is 6.88. The number of hydrogen-bond donors (Lipinski definition) is 3. The number of alkyl halides is 2. The second-order valence-corrected chi connectivity index (χ2v) is 10.4. The Morgan fingerprint density at radius 2 is 1.81 bits per heavy atom. The molecule has 0 spiro atoms. The molecular weight excluding hydrogens is 490 g/mol. The van der Waals surface area contributed by atoms with Crippen LogP contribution in [0.25, 0.3) is 0 Å². The van der Waals surface area contributed by atoms with Crippen molar-refractivity contribution in [2.75, 3.05) is 0 Å². The van der Waals surface area contributed by atoms with Gasteiger partial charge in [-0.25, -0.2) is 13.8 Å². The first-order valence-corrected chi connectivity index (χ1v) is 12.6. The van der Waals surface area contributed by atoms with Crippen molar-refractivity contribution >= 4 is 34.8 Å². The Morgan fingerprint density at radius 3 is 2.42 bits per heavy atom. The standard InChI is InChI=1S/C25H30F2N4O4S/c1-24(2,31-21(33)17-8-10-25(26,27)11-9-17)23(35)30-18(14-16-6-4-3-5-7-16)20(32)22(34)29-15-19-28-12-13-36-19/h3-7,12-13,17-18H,8-11,14-15H2,1-2H3,(H,29,34)(H,30,35)(H,31,33)/t18-/m1/s1. The normalized spacial score (nSPS) is 16.6. The Balaban J connectivity index is 1.66. The number of halogens is 2. The van der Waals surface area contributed by atoms with Gasteiger partial charge in [-0.15, -0.1) is 11.3 Å². The summed E-state index contributed by atoms with van der Waals surface area (Å²) in [5, 5.41) is 10.1. The zero-order chi connectivity index (χ0) is 26.3. The number of carbonyl (C=O) groups is 4. The number of hydrogen-bond acceptors (Lipinski definition) is 6. The van der Waals surface area contributed by atoms with E-state index in [9.17, 15) is 28.0 Å². The molecule has 0 unspecified atom stereocenters. The van der Waals surface area contributed by atoms with Gasteiger partial charge in [0.05, 0.1) is 6.54 Å². The largest absolute Gasteiger partial charge is 0.343 e. The molecule has 8 nitrogen and oxygen atoms in total. The van der Waals surface area contributed by atoms with Crippen LogP contribution in [0, 0.1) is 5.92 Å².